The number of aromatic nitrogens is 1. The van der Waals surface area contributed by atoms with E-state index in [9.17, 15) is 18.0 Å². The molecule has 1 aromatic heterocycles. The SMILES string of the molecule is CCNC(=NCCOc1ncccc1C(F)(F)F)N1CCC(C(=O)OC)CC1.I. The number of nitrogens with one attached hydrogen (secondary N) is 1. The molecule has 0 spiro atoms. The van der Waals surface area contributed by atoms with Crippen LogP contribution in [0.4, 0.5) is 13.2 Å². The highest BCUT2D eigenvalue weighted by Crippen LogP contribution is 2.34. The third-order valence-electron chi connectivity index (χ3n) is 4.33. The number of methoxy groups -OCH3 is 1. The maximum Gasteiger partial charge on any atom is 0.421 e. The fourth-order valence-electron chi connectivity index (χ4n) is 2.93. The van der Waals surface area contributed by atoms with Crippen molar-refractivity contribution in [2.45, 2.75) is 25.9 Å². The van der Waals surface area contributed by atoms with Gasteiger partial charge >= 0.3 is 12.1 Å². The van der Waals surface area contributed by atoms with E-state index in [-0.39, 0.29) is 49.0 Å². The molecule has 1 N–H and O–H groups in total. The van der Waals surface area contributed by atoms with E-state index in [1.54, 1.807) is 0 Å². The van der Waals surface area contributed by atoms with Gasteiger partial charge in [-0.3, -0.25) is 4.79 Å². The van der Waals surface area contributed by atoms with Crippen molar-refractivity contribution in [1.82, 2.24) is 15.2 Å². The topological polar surface area (TPSA) is 76.1 Å². The van der Waals surface area contributed by atoms with Gasteiger partial charge in [-0.25, -0.2) is 9.98 Å². The molecule has 164 valence electrons. The van der Waals surface area contributed by atoms with Crippen molar-refractivity contribution in [3.05, 3.63) is 23.9 Å². The summed E-state index contributed by atoms with van der Waals surface area (Å²) in [5.74, 6) is -0.121. The predicted octanol–water partition coefficient (Wildman–Crippen LogP) is 2.95. The highest BCUT2D eigenvalue weighted by Gasteiger charge is 2.35. The second-order valence-electron chi connectivity index (χ2n) is 6.22. The molecule has 29 heavy (non-hydrogen) atoms. The lowest BCUT2D eigenvalue weighted by atomic mass is 9.97. The zero-order valence-corrected chi connectivity index (χ0v) is 18.7. The Hall–Kier alpha value is -1.79. The summed E-state index contributed by atoms with van der Waals surface area (Å²) >= 11 is 0. The van der Waals surface area contributed by atoms with Crippen molar-refractivity contribution in [2.75, 3.05) is 39.9 Å². The van der Waals surface area contributed by atoms with Crippen LogP contribution in [-0.2, 0) is 15.7 Å². The number of rotatable bonds is 6. The Morgan fingerprint density at radius 3 is 2.66 bits per heavy atom. The Morgan fingerprint density at radius 1 is 1.38 bits per heavy atom. The number of ether oxygens (including phenoxy) is 2. The number of pyridine rings is 1. The summed E-state index contributed by atoms with van der Waals surface area (Å²) in [5.41, 5.74) is -0.907. The number of hydrogen-bond acceptors (Lipinski definition) is 5. The average molecular weight is 530 g/mol. The van der Waals surface area contributed by atoms with E-state index in [0.29, 0.717) is 38.4 Å². The van der Waals surface area contributed by atoms with Gasteiger partial charge in [0.15, 0.2) is 5.96 Å². The van der Waals surface area contributed by atoms with Gasteiger partial charge in [0, 0.05) is 25.8 Å². The van der Waals surface area contributed by atoms with Gasteiger partial charge in [-0.15, -0.1) is 24.0 Å². The van der Waals surface area contributed by atoms with Crippen LogP contribution in [0.25, 0.3) is 0 Å². The van der Waals surface area contributed by atoms with Gasteiger partial charge in [0.1, 0.15) is 12.2 Å². The maximum absolute atomic E-state index is 12.9. The Labute approximate surface area is 185 Å². The van der Waals surface area contributed by atoms with Crippen LogP contribution in [-0.4, -0.2) is 61.7 Å². The Kier molecular flexibility index (Phi) is 10.5. The zero-order chi connectivity index (χ0) is 20.6. The minimum absolute atomic E-state index is 0. The van der Waals surface area contributed by atoms with E-state index in [1.165, 1.54) is 19.4 Å². The van der Waals surface area contributed by atoms with Crippen LogP contribution in [0.2, 0.25) is 0 Å². The molecule has 1 saturated heterocycles. The van der Waals surface area contributed by atoms with Gasteiger partial charge in [-0.05, 0) is 31.9 Å². The summed E-state index contributed by atoms with van der Waals surface area (Å²) in [6.07, 6.45) is -1.94. The summed E-state index contributed by atoms with van der Waals surface area (Å²) in [5, 5.41) is 3.15. The maximum atomic E-state index is 12.9. The first-order chi connectivity index (χ1) is 13.4. The Morgan fingerprint density at radius 2 is 2.07 bits per heavy atom. The summed E-state index contributed by atoms with van der Waals surface area (Å²) in [6.45, 7) is 4.00. The molecule has 7 nitrogen and oxygen atoms in total. The van der Waals surface area contributed by atoms with Gasteiger partial charge in [-0.1, -0.05) is 0 Å². The normalized spacial score (nSPS) is 15.5. The van der Waals surface area contributed by atoms with Crippen LogP contribution < -0.4 is 10.1 Å². The van der Waals surface area contributed by atoms with Gasteiger partial charge in [0.25, 0.3) is 0 Å². The molecule has 1 aliphatic rings. The summed E-state index contributed by atoms with van der Waals surface area (Å²) in [6, 6.07) is 2.15. The molecule has 0 saturated carbocycles. The van der Waals surface area contributed by atoms with Crippen LogP contribution in [0, 0.1) is 5.92 Å². The third kappa shape index (κ3) is 7.52. The van der Waals surface area contributed by atoms with Crippen LogP contribution in [0.3, 0.4) is 0 Å². The first kappa shape index (κ1) is 25.2. The zero-order valence-electron chi connectivity index (χ0n) is 16.4. The van der Waals surface area contributed by atoms with E-state index >= 15 is 0 Å². The first-order valence-electron chi connectivity index (χ1n) is 9.13. The number of carbonyl (C=O) groups excluding carboxylic acids is 1. The van der Waals surface area contributed by atoms with Crippen molar-refractivity contribution in [3.63, 3.8) is 0 Å². The molecular formula is C18H26F3IN4O3. The average Bonchev–Trinajstić information content (AvgIpc) is 2.69. The quantitative estimate of drug-likeness (QED) is 0.201. The van der Waals surface area contributed by atoms with Crippen LogP contribution >= 0.6 is 24.0 Å². The highest BCUT2D eigenvalue weighted by atomic mass is 127. The van der Waals surface area contributed by atoms with Crippen molar-refractivity contribution in [3.8, 4) is 5.88 Å². The molecule has 2 heterocycles. The fraction of sp³-hybridized carbons (Fsp3) is 0.611. The molecule has 0 bridgehead atoms. The van der Waals surface area contributed by atoms with Crippen LogP contribution in [0.1, 0.15) is 25.3 Å². The molecule has 0 aromatic carbocycles. The molecular weight excluding hydrogens is 504 g/mol. The number of guanidine groups is 1. The van der Waals surface area contributed by atoms with Gasteiger partial charge in [-0.2, -0.15) is 13.2 Å². The lowest BCUT2D eigenvalue weighted by Crippen LogP contribution is -2.46. The number of carbonyl (C=O) groups is 1. The van der Waals surface area contributed by atoms with Crippen molar-refractivity contribution < 1.29 is 27.4 Å². The van der Waals surface area contributed by atoms with Gasteiger partial charge in [0.2, 0.25) is 5.88 Å². The second kappa shape index (κ2) is 12.0. The number of aliphatic imine (C=N–C) groups is 1. The minimum atomic E-state index is -4.52. The molecule has 0 aliphatic carbocycles. The molecule has 0 unspecified atom stereocenters. The summed E-state index contributed by atoms with van der Waals surface area (Å²) in [7, 11) is 1.38. The van der Waals surface area contributed by atoms with E-state index < -0.39 is 17.6 Å². The molecule has 1 aromatic rings. The standard InChI is InChI=1S/C18H25F3N4O3.HI/c1-3-22-17(25-10-6-13(7-11-25)16(26)27-2)24-9-12-28-15-14(18(19,20)21)5-4-8-23-15;/h4-5,8,13H,3,6-7,9-12H2,1-2H3,(H,22,24);1H. The number of esters is 1. The Bertz CT molecular complexity index is 681. The van der Waals surface area contributed by atoms with E-state index in [1.807, 2.05) is 11.8 Å². The molecule has 0 amide bonds. The van der Waals surface area contributed by atoms with E-state index in [2.05, 4.69) is 15.3 Å². The van der Waals surface area contributed by atoms with Crippen LogP contribution in [0.15, 0.2) is 23.3 Å². The number of halogens is 4. The lowest BCUT2D eigenvalue weighted by Gasteiger charge is -2.33. The molecule has 0 radical (unpaired) electrons. The number of alkyl halides is 3. The number of piperidine rings is 1. The molecule has 11 heteroatoms. The number of hydrogen-bond donors (Lipinski definition) is 1. The van der Waals surface area contributed by atoms with E-state index in [0.717, 1.165) is 6.07 Å². The monoisotopic (exact) mass is 530 g/mol. The van der Waals surface area contributed by atoms with Gasteiger partial charge < -0.3 is 19.7 Å². The highest BCUT2D eigenvalue weighted by molar-refractivity contribution is 14.0. The smallest absolute Gasteiger partial charge is 0.421 e. The third-order valence-corrected chi connectivity index (χ3v) is 4.33. The predicted molar refractivity (Wildman–Crippen MR) is 112 cm³/mol. The summed E-state index contributed by atoms with van der Waals surface area (Å²) in [4.78, 5) is 21.7. The van der Waals surface area contributed by atoms with Crippen molar-refractivity contribution >= 4 is 35.9 Å². The summed E-state index contributed by atoms with van der Waals surface area (Å²) < 4.78 is 48.8. The largest absolute Gasteiger partial charge is 0.475 e. The Balaban J connectivity index is 0.00000420. The first-order valence-corrected chi connectivity index (χ1v) is 9.13. The second-order valence-corrected chi connectivity index (χ2v) is 6.22. The lowest BCUT2D eigenvalue weighted by molar-refractivity contribution is -0.146. The number of likely N-dealkylation sites (tertiary alicyclic amines) is 1. The van der Waals surface area contributed by atoms with Crippen LogP contribution in [0.5, 0.6) is 5.88 Å². The van der Waals surface area contributed by atoms with Gasteiger partial charge in [0.05, 0.1) is 19.6 Å². The molecule has 2 rings (SSSR count). The molecule has 1 fully saturated rings. The van der Waals surface area contributed by atoms with Crippen molar-refractivity contribution in [1.29, 1.82) is 0 Å². The molecule has 0 atom stereocenters. The number of nitrogens with zero attached hydrogens (tertiary/aromatic N) is 3. The minimum Gasteiger partial charge on any atom is -0.475 e. The fourth-order valence-corrected chi connectivity index (χ4v) is 2.93. The van der Waals surface area contributed by atoms with Crippen molar-refractivity contribution in [2.24, 2.45) is 10.9 Å². The van der Waals surface area contributed by atoms with E-state index in [4.69, 9.17) is 9.47 Å². The molecule has 1 aliphatic heterocycles.